The van der Waals surface area contributed by atoms with E-state index in [0.717, 1.165) is 15.9 Å². The number of aromatic nitrogens is 2. The molecule has 1 aromatic carbocycles. The molecular formula is C15H15N3O4S2. The zero-order valence-electron chi connectivity index (χ0n) is 12.8. The lowest BCUT2D eigenvalue weighted by atomic mass is 10.2. The number of thiophene rings is 1. The fourth-order valence-electron chi connectivity index (χ4n) is 2.44. The third-order valence-electron chi connectivity index (χ3n) is 3.65. The summed E-state index contributed by atoms with van der Waals surface area (Å²) in [7, 11) is -2.04. The van der Waals surface area contributed by atoms with Crippen LogP contribution in [0.1, 0.15) is 0 Å². The molecule has 1 N–H and O–H groups in total. The summed E-state index contributed by atoms with van der Waals surface area (Å²) in [5, 5.41) is 2.08. The maximum absolute atomic E-state index is 12.5. The molecule has 0 amide bonds. The van der Waals surface area contributed by atoms with Crippen molar-refractivity contribution in [2.75, 3.05) is 6.54 Å². The summed E-state index contributed by atoms with van der Waals surface area (Å²) in [5.74, 6) is 0. The number of fused-ring (bicyclic) bond motifs is 1. The molecule has 0 aliphatic rings. The number of benzene rings is 1. The van der Waals surface area contributed by atoms with Gasteiger partial charge in [-0.3, -0.25) is 13.9 Å². The molecule has 9 heteroatoms. The third kappa shape index (κ3) is 2.93. The summed E-state index contributed by atoms with van der Waals surface area (Å²) in [6, 6.07) is 9.95. The van der Waals surface area contributed by atoms with Crippen LogP contribution in [0.4, 0.5) is 0 Å². The van der Waals surface area contributed by atoms with E-state index in [9.17, 15) is 18.0 Å². The molecule has 0 unspecified atom stereocenters. The van der Waals surface area contributed by atoms with Crippen LogP contribution < -0.4 is 16.0 Å². The van der Waals surface area contributed by atoms with Crippen LogP contribution in [0.2, 0.25) is 0 Å². The quantitative estimate of drug-likeness (QED) is 0.722. The molecule has 24 heavy (non-hydrogen) atoms. The molecule has 0 atom stereocenters. The maximum atomic E-state index is 12.5. The minimum Gasteiger partial charge on any atom is -0.296 e. The van der Waals surface area contributed by atoms with Gasteiger partial charge in [0, 0.05) is 20.1 Å². The van der Waals surface area contributed by atoms with Crippen molar-refractivity contribution in [1.82, 2.24) is 13.9 Å². The lowest BCUT2D eigenvalue weighted by Gasteiger charge is -2.11. The number of nitrogens with one attached hydrogen (secondary N) is 1. The van der Waals surface area contributed by atoms with E-state index in [4.69, 9.17) is 0 Å². The van der Waals surface area contributed by atoms with E-state index >= 15 is 0 Å². The Balaban J connectivity index is 1.89. The zero-order chi connectivity index (χ0) is 17.3. The third-order valence-corrected chi connectivity index (χ3v) is 6.50. The largest absolute Gasteiger partial charge is 0.331 e. The Kier molecular flexibility index (Phi) is 4.39. The molecule has 126 valence electrons. The van der Waals surface area contributed by atoms with E-state index in [0.29, 0.717) is 10.9 Å². The second-order valence-corrected chi connectivity index (χ2v) is 8.09. The predicted molar refractivity (Wildman–Crippen MR) is 93.0 cm³/mol. The minimum atomic E-state index is -3.62. The molecule has 7 nitrogen and oxygen atoms in total. The number of hydrogen-bond donors (Lipinski definition) is 1. The van der Waals surface area contributed by atoms with Crippen LogP contribution >= 0.6 is 11.3 Å². The average Bonchev–Trinajstić information content (AvgIpc) is 3.11. The summed E-state index contributed by atoms with van der Waals surface area (Å²) in [6.45, 7) is -0.0886. The fourth-order valence-corrected chi connectivity index (χ4v) is 4.50. The second-order valence-electron chi connectivity index (χ2n) is 5.15. The van der Waals surface area contributed by atoms with Crippen molar-refractivity contribution in [3.63, 3.8) is 0 Å². The topological polar surface area (TPSA) is 90.2 Å². The molecule has 2 aromatic heterocycles. The molecule has 3 aromatic rings. The van der Waals surface area contributed by atoms with E-state index in [1.54, 1.807) is 42.8 Å². The Hall–Kier alpha value is -2.23. The van der Waals surface area contributed by atoms with Crippen LogP contribution in [0.5, 0.6) is 0 Å². The van der Waals surface area contributed by atoms with Crippen molar-refractivity contribution in [2.24, 2.45) is 7.05 Å². The van der Waals surface area contributed by atoms with Gasteiger partial charge in [0.2, 0.25) is 10.0 Å². The first kappa shape index (κ1) is 16.6. The van der Waals surface area contributed by atoms with Crippen molar-refractivity contribution in [3.8, 4) is 0 Å². The molecule has 0 saturated heterocycles. The van der Waals surface area contributed by atoms with Crippen LogP contribution in [0.25, 0.3) is 10.9 Å². The van der Waals surface area contributed by atoms with Crippen LogP contribution in [0.3, 0.4) is 0 Å². The highest BCUT2D eigenvalue weighted by molar-refractivity contribution is 7.91. The van der Waals surface area contributed by atoms with Gasteiger partial charge in [-0.25, -0.2) is 17.9 Å². The number of rotatable bonds is 5. The lowest BCUT2D eigenvalue weighted by Crippen LogP contribution is -2.41. The number of aryl methyl sites for hydroxylation is 1. The van der Waals surface area contributed by atoms with Gasteiger partial charge in [-0.15, -0.1) is 11.3 Å². The van der Waals surface area contributed by atoms with Gasteiger partial charge < -0.3 is 0 Å². The van der Waals surface area contributed by atoms with Gasteiger partial charge in [0.25, 0.3) is 5.56 Å². The number of sulfonamides is 1. The standard InChI is InChI=1S/C15H15N3O4S2/c1-17-12-6-3-2-5-11(12)14(19)18(15(17)20)9-8-16-24(21,22)13-7-4-10-23-13/h2-7,10,16H,8-9H2,1H3. The SMILES string of the molecule is Cn1c(=O)n(CCNS(=O)(=O)c2cccs2)c(=O)c2ccccc21. The molecule has 0 spiro atoms. The van der Waals surface area contributed by atoms with Crippen molar-refractivity contribution in [2.45, 2.75) is 10.8 Å². The second kappa shape index (κ2) is 6.34. The fraction of sp³-hybridized carbons (Fsp3) is 0.200. The zero-order valence-corrected chi connectivity index (χ0v) is 14.4. The molecule has 2 heterocycles. The normalized spacial score (nSPS) is 11.9. The van der Waals surface area contributed by atoms with Crippen LogP contribution in [0.15, 0.2) is 55.6 Å². The summed E-state index contributed by atoms with van der Waals surface area (Å²) in [4.78, 5) is 24.8. The van der Waals surface area contributed by atoms with Crippen LogP contribution in [-0.2, 0) is 23.6 Å². The van der Waals surface area contributed by atoms with Crippen molar-refractivity contribution >= 4 is 32.3 Å². The Morgan fingerprint density at radius 1 is 1.12 bits per heavy atom. The van der Waals surface area contributed by atoms with Gasteiger partial charge in [-0.2, -0.15) is 0 Å². The molecule has 0 radical (unpaired) electrons. The average molecular weight is 365 g/mol. The van der Waals surface area contributed by atoms with Gasteiger partial charge >= 0.3 is 5.69 Å². The molecule has 0 aliphatic heterocycles. The van der Waals surface area contributed by atoms with E-state index in [1.807, 2.05) is 0 Å². The Morgan fingerprint density at radius 2 is 1.88 bits per heavy atom. The Morgan fingerprint density at radius 3 is 2.58 bits per heavy atom. The van der Waals surface area contributed by atoms with E-state index < -0.39 is 21.3 Å². The smallest absolute Gasteiger partial charge is 0.296 e. The van der Waals surface area contributed by atoms with Crippen LogP contribution in [0, 0.1) is 0 Å². The number of para-hydroxylation sites is 1. The van der Waals surface area contributed by atoms with Gasteiger partial charge in [-0.05, 0) is 23.6 Å². The molecule has 3 rings (SSSR count). The molecule has 0 aliphatic carbocycles. The van der Waals surface area contributed by atoms with E-state index in [2.05, 4.69) is 4.72 Å². The number of hydrogen-bond acceptors (Lipinski definition) is 5. The summed E-state index contributed by atoms with van der Waals surface area (Å²) in [6.07, 6.45) is 0. The van der Waals surface area contributed by atoms with Crippen molar-refractivity contribution in [3.05, 3.63) is 62.6 Å². The van der Waals surface area contributed by atoms with Crippen LogP contribution in [-0.4, -0.2) is 24.1 Å². The summed E-state index contributed by atoms with van der Waals surface area (Å²) >= 11 is 1.10. The molecule has 0 bridgehead atoms. The highest BCUT2D eigenvalue weighted by Gasteiger charge is 2.15. The van der Waals surface area contributed by atoms with E-state index in [1.165, 1.54) is 10.6 Å². The van der Waals surface area contributed by atoms with Crippen molar-refractivity contribution < 1.29 is 8.42 Å². The maximum Gasteiger partial charge on any atom is 0.331 e. The lowest BCUT2D eigenvalue weighted by molar-refractivity contribution is 0.561. The monoisotopic (exact) mass is 365 g/mol. The van der Waals surface area contributed by atoms with E-state index in [-0.39, 0.29) is 17.3 Å². The molecule has 0 fully saturated rings. The summed E-state index contributed by atoms with van der Waals surface area (Å²) in [5.41, 5.74) is -0.360. The summed E-state index contributed by atoms with van der Waals surface area (Å²) < 4.78 is 29.1. The first-order valence-electron chi connectivity index (χ1n) is 7.13. The Bertz CT molecular complexity index is 1100. The van der Waals surface area contributed by atoms with Gasteiger partial charge in [0.15, 0.2) is 0 Å². The molecular weight excluding hydrogens is 350 g/mol. The first-order chi connectivity index (χ1) is 11.4. The van der Waals surface area contributed by atoms with Gasteiger partial charge in [0.05, 0.1) is 10.9 Å². The van der Waals surface area contributed by atoms with Gasteiger partial charge in [-0.1, -0.05) is 18.2 Å². The van der Waals surface area contributed by atoms with Gasteiger partial charge in [0.1, 0.15) is 4.21 Å². The molecule has 0 saturated carbocycles. The minimum absolute atomic E-state index is 0.0407. The predicted octanol–water partition coefficient (Wildman–Crippen LogP) is 0.740. The first-order valence-corrected chi connectivity index (χ1v) is 9.50. The number of nitrogens with zero attached hydrogens (tertiary/aromatic N) is 2. The Labute approximate surface area is 141 Å². The highest BCUT2D eigenvalue weighted by Crippen LogP contribution is 2.14. The highest BCUT2D eigenvalue weighted by atomic mass is 32.2. The van der Waals surface area contributed by atoms with Crippen molar-refractivity contribution in [1.29, 1.82) is 0 Å².